The van der Waals surface area contributed by atoms with Crippen molar-refractivity contribution >= 4 is 31.8 Å². The number of hydrogen-bond donors (Lipinski definition) is 1. The van der Waals surface area contributed by atoms with Crippen molar-refractivity contribution in [2.24, 2.45) is 0 Å². The van der Waals surface area contributed by atoms with Crippen LogP contribution in [0.1, 0.15) is 11.3 Å². The van der Waals surface area contributed by atoms with Gasteiger partial charge in [-0.3, -0.25) is 4.72 Å². The van der Waals surface area contributed by atoms with E-state index >= 15 is 0 Å². The van der Waals surface area contributed by atoms with Crippen LogP contribution in [0, 0.1) is 6.92 Å². The van der Waals surface area contributed by atoms with Gasteiger partial charge in [-0.1, -0.05) is 0 Å². The lowest BCUT2D eigenvalue weighted by Crippen LogP contribution is -2.14. The maximum absolute atomic E-state index is 12.5. The van der Waals surface area contributed by atoms with Gasteiger partial charge in [-0.2, -0.15) is 13.2 Å². The number of alkyl halides is 3. The molecular weight excluding hydrogens is 385 g/mol. The maximum atomic E-state index is 12.5. The van der Waals surface area contributed by atoms with Crippen LogP contribution in [-0.2, 0) is 16.2 Å². The van der Waals surface area contributed by atoms with Crippen molar-refractivity contribution in [1.82, 2.24) is 4.98 Å². The lowest BCUT2D eigenvalue weighted by atomic mass is 10.2. The number of hydrogen-bond acceptors (Lipinski definition) is 3. The Morgan fingerprint density at radius 1 is 1.09 bits per heavy atom. The highest BCUT2D eigenvalue weighted by Gasteiger charge is 2.30. The van der Waals surface area contributed by atoms with E-state index in [4.69, 9.17) is 0 Å². The summed E-state index contributed by atoms with van der Waals surface area (Å²) < 4.78 is 64.6. The average Bonchev–Trinajstić information content (AvgIpc) is 2.42. The van der Waals surface area contributed by atoms with Gasteiger partial charge < -0.3 is 0 Å². The number of sulfonamides is 1. The number of pyridine rings is 1. The van der Waals surface area contributed by atoms with Crippen LogP contribution in [0.25, 0.3) is 0 Å². The predicted molar refractivity (Wildman–Crippen MR) is 78.9 cm³/mol. The molecule has 0 saturated carbocycles. The highest BCUT2D eigenvalue weighted by atomic mass is 79.9. The Kier molecular flexibility index (Phi) is 4.48. The monoisotopic (exact) mass is 394 g/mol. The van der Waals surface area contributed by atoms with Crippen molar-refractivity contribution in [2.75, 3.05) is 4.72 Å². The van der Waals surface area contributed by atoms with Crippen LogP contribution in [-0.4, -0.2) is 13.4 Å². The number of nitrogens with one attached hydrogen (secondary N) is 1. The van der Waals surface area contributed by atoms with E-state index in [-0.39, 0.29) is 10.7 Å². The molecule has 0 fully saturated rings. The van der Waals surface area contributed by atoms with Crippen molar-refractivity contribution in [3.63, 3.8) is 0 Å². The topological polar surface area (TPSA) is 59.1 Å². The first-order chi connectivity index (χ1) is 10.1. The van der Waals surface area contributed by atoms with Crippen molar-refractivity contribution in [3.05, 3.63) is 52.1 Å². The van der Waals surface area contributed by atoms with Gasteiger partial charge >= 0.3 is 6.18 Å². The molecule has 2 rings (SSSR count). The summed E-state index contributed by atoms with van der Waals surface area (Å²) in [5.74, 6) is 0.0839. The molecule has 0 spiro atoms. The Morgan fingerprint density at radius 2 is 1.68 bits per heavy atom. The third-order valence-electron chi connectivity index (χ3n) is 2.75. The van der Waals surface area contributed by atoms with Crippen LogP contribution in [0.5, 0.6) is 0 Å². The molecule has 1 aromatic heterocycles. The molecular formula is C13H10BrF3N2O2S. The van der Waals surface area contributed by atoms with E-state index in [9.17, 15) is 21.6 Å². The molecule has 0 aliphatic rings. The van der Waals surface area contributed by atoms with Gasteiger partial charge in [0.05, 0.1) is 16.2 Å². The molecule has 0 radical (unpaired) electrons. The number of anilines is 1. The van der Waals surface area contributed by atoms with Gasteiger partial charge in [0.15, 0.2) is 0 Å². The molecule has 22 heavy (non-hydrogen) atoms. The first kappa shape index (κ1) is 16.8. The molecule has 0 saturated heterocycles. The zero-order chi connectivity index (χ0) is 16.5. The van der Waals surface area contributed by atoms with E-state index in [2.05, 4.69) is 25.6 Å². The summed E-state index contributed by atoms with van der Waals surface area (Å²) in [4.78, 5) is 3.75. The number of halogens is 4. The summed E-state index contributed by atoms with van der Waals surface area (Å²) in [6.45, 7) is 1.68. The van der Waals surface area contributed by atoms with Gasteiger partial charge in [-0.05, 0) is 59.3 Å². The van der Waals surface area contributed by atoms with Gasteiger partial charge in [0.1, 0.15) is 5.82 Å². The summed E-state index contributed by atoms with van der Waals surface area (Å²) in [5.41, 5.74) is -0.336. The Bertz CT molecular complexity index is 790. The molecule has 118 valence electrons. The first-order valence-corrected chi connectivity index (χ1v) is 8.20. The molecule has 9 heteroatoms. The average molecular weight is 395 g/mol. The molecule has 0 unspecified atom stereocenters. The van der Waals surface area contributed by atoms with E-state index < -0.39 is 21.8 Å². The minimum absolute atomic E-state index is 0.0839. The Labute approximate surface area is 133 Å². The van der Waals surface area contributed by atoms with Crippen LogP contribution in [0.4, 0.5) is 19.0 Å². The first-order valence-electron chi connectivity index (χ1n) is 5.93. The largest absolute Gasteiger partial charge is 0.416 e. The van der Waals surface area contributed by atoms with Crippen molar-refractivity contribution in [3.8, 4) is 0 Å². The molecule has 0 bridgehead atoms. The minimum atomic E-state index is -4.51. The normalized spacial score (nSPS) is 12.2. The standard InChI is InChI=1S/C13H10BrF3N2O2S/c1-8-11(14)6-7-12(18-8)19-22(20,21)10-4-2-9(3-5-10)13(15,16)17/h2-7H,1H3,(H,18,19). The van der Waals surface area contributed by atoms with E-state index in [0.29, 0.717) is 10.2 Å². The molecule has 1 heterocycles. The third-order valence-corrected chi connectivity index (χ3v) is 4.96. The SMILES string of the molecule is Cc1nc(NS(=O)(=O)c2ccc(C(F)(F)F)cc2)ccc1Br. The summed E-state index contributed by atoms with van der Waals surface area (Å²) in [6.07, 6.45) is -4.51. The fourth-order valence-corrected chi connectivity index (χ4v) is 2.84. The Hall–Kier alpha value is -1.61. The van der Waals surface area contributed by atoms with Gasteiger partial charge in [0, 0.05) is 4.47 Å². The maximum Gasteiger partial charge on any atom is 0.416 e. The summed E-state index contributed by atoms with van der Waals surface area (Å²) >= 11 is 3.23. The number of aromatic nitrogens is 1. The molecule has 0 aliphatic carbocycles. The van der Waals surface area contributed by atoms with E-state index in [1.54, 1.807) is 13.0 Å². The van der Waals surface area contributed by atoms with Crippen molar-refractivity contribution in [2.45, 2.75) is 18.0 Å². The van der Waals surface area contributed by atoms with E-state index in [0.717, 1.165) is 24.3 Å². The van der Waals surface area contributed by atoms with Gasteiger partial charge in [-0.15, -0.1) is 0 Å². The molecule has 2 aromatic rings. The van der Waals surface area contributed by atoms with Crippen LogP contribution in [0.3, 0.4) is 0 Å². The smallest absolute Gasteiger partial charge is 0.263 e. The van der Waals surface area contributed by atoms with Crippen molar-refractivity contribution in [1.29, 1.82) is 0 Å². The quantitative estimate of drug-likeness (QED) is 0.856. The fourth-order valence-electron chi connectivity index (χ4n) is 1.62. The molecule has 0 atom stereocenters. The van der Waals surface area contributed by atoms with E-state index in [1.165, 1.54) is 6.07 Å². The zero-order valence-corrected chi connectivity index (χ0v) is 13.6. The second-order valence-electron chi connectivity index (χ2n) is 4.39. The fraction of sp³-hybridized carbons (Fsp3) is 0.154. The number of rotatable bonds is 3. The lowest BCUT2D eigenvalue weighted by molar-refractivity contribution is -0.137. The summed E-state index contributed by atoms with van der Waals surface area (Å²) in [5, 5.41) is 0. The Balaban J connectivity index is 2.28. The number of aryl methyl sites for hydroxylation is 1. The van der Waals surface area contributed by atoms with Gasteiger partial charge in [-0.25, -0.2) is 13.4 Å². The highest BCUT2D eigenvalue weighted by molar-refractivity contribution is 9.10. The molecule has 4 nitrogen and oxygen atoms in total. The molecule has 1 N–H and O–H groups in total. The molecule has 0 amide bonds. The van der Waals surface area contributed by atoms with Crippen LogP contribution in [0.2, 0.25) is 0 Å². The third kappa shape index (κ3) is 3.77. The number of benzene rings is 1. The van der Waals surface area contributed by atoms with Crippen LogP contribution >= 0.6 is 15.9 Å². The minimum Gasteiger partial charge on any atom is -0.263 e. The predicted octanol–water partition coefficient (Wildman–Crippen LogP) is 3.97. The van der Waals surface area contributed by atoms with Gasteiger partial charge in [0.25, 0.3) is 10.0 Å². The van der Waals surface area contributed by atoms with Crippen molar-refractivity contribution < 1.29 is 21.6 Å². The van der Waals surface area contributed by atoms with Crippen LogP contribution < -0.4 is 4.72 Å². The van der Waals surface area contributed by atoms with Crippen LogP contribution in [0.15, 0.2) is 45.8 Å². The molecule has 0 aliphatic heterocycles. The Morgan fingerprint density at radius 3 is 2.18 bits per heavy atom. The summed E-state index contributed by atoms with van der Waals surface area (Å²) in [7, 11) is -4.00. The number of nitrogens with zero attached hydrogens (tertiary/aromatic N) is 1. The summed E-state index contributed by atoms with van der Waals surface area (Å²) in [6, 6.07) is 6.29. The molecule has 1 aromatic carbocycles. The lowest BCUT2D eigenvalue weighted by Gasteiger charge is -2.10. The van der Waals surface area contributed by atoms with E-state index in [1.807, 2.05) is 0 Å². The van der Waals surface area contributed by atoms with Gasteiger partial charge in [0.2, 0.25) is 0 Å². The second kappa shape index (κ2) is 5.88. The zero-order valence-electron chi connectivity index (χ0n) is 11.1. The highest BCUT2D eigenvalue weighted by Crippen LogP contribution is 2.30. The second-order valence-corrected chi connectivity index (χ2v) is 6.93.